The molecule has 1 aliphatic heterocycles. The summed E-state index contributed by atoms with van der Waals surface area (Å²) in [6.45, 7) is 6.33. The topological polar surface area (TPSA) is 29.0 Å². The third-order valence-electron chi connectivity index (χ3n) is 2.39. The van der Waals surface area contributed by atoms with Crippen LogP contribution in [0.15, 0.2) is 10.7 Å². The maximum absolute atomic E-state index is 4.49. The Bertz CT molecular complexity index is 359. The lowest BCUT2D eigenvalue weighted by atomic mass is 10.3. The molecule has 1 fully saturated rings. The standard InChI is InChI=1S/C10H14BrN3S/c1-7-6-14(3-4-15-7)10-9(11)5-12-8(2)13-10/h5,7H,3-4,6H2,1-2H3. The summed E-state index contributed by atoms with van der Waals surface area (Å²) in [5.74, 6) is 3.05. The molecule has 0 amide bonds. The van der Waals surface area contributed by atoms with Crippen LogP contribution in [0.3, 0.4) is 0 Å². The summed E-state index contributed by atoms with van der Waals surface area (Å²) in [5.41, 5.74) is 0. The van der Waals surface area contributed by atoms with Gasteiger partial charge in [0, 0.05) is 30.3 Å². The lowest BCUT2D eigenvalue weighted by Crippen LogP contribution is -2.37. The van der Waals surface area contributed by atoms with Gasteiger partial charge in [-0.25, -0.2) is 9.97 Å². The van der Waals surface area contributed by atoms with Crippen molar-refractivity contribution in [3.05, 3.63) is 16.5 Å². The molecule has 0 saturated carbocycles. The van der Waals surface area contributed by atoms with Crippen molar-refractivity contribution in [2.45, 2.75) is 19.1 Å². The maximum Gasteiger partial charge on any atom is 0.146 e. The van der Waals surface area contributed by atoms with Crippen LogP contribution in [-0.4, -0.2) is 34.1 Å². The van der Waals surface area contributed by atoms with Gasteiger partial charge in [-0.3, -0.25) is 0 Å². The van der Waals surface area contributed by atoms with Crippen molar-refractivity contribution >= 4 is 33.5 Å². The average Bonchev–Trinajstić information content (AvgIpc) is 2.22. The van der Waals surface area contributed by atoms with Crippen LogP contribution < -0.4 is 4.90 Å². The predicted octanol–water partition coefficient (Wildman–Crippen LogP) is 2.49. The molecule has 0 aromatic carbocycles. The molecule has 1 unspecified atom stereocenters. The van der Waals surface area contributed by atoms with E-state index in [9.17, 15) is 0 Å². The van der Waals surface area contributed by atoms with E-state index >= 15 is 0 Å². The Morgan fingerprint density at radius 1 is 1.60 bits per heavy atom. The lowest BCUT2D eigenvalue weighted by Gasteiger charge is -2.32. The van der Waals surface area contributed by atoms with Gasteiger partial charge in [0.25, 0.3) is 0 Å². The number of thioether (sulfide) groups is 1. The third kappa shape index (κ3) is 2.64. The van der Waals surface area contributed by atoms with Gasteiger partial charge in [0.1, 0.15) is 11.6 Å². The molecule has 2 rings (SSSR count). The zero-order valence-electron chi connectivity index (χ0n) is 8.90. The van der Waals surface area contributed by atoms with E-state index in [1.807, 2.05) is 24.9 Å². The monoisotopic (exact) mass is 287 g/mol. The van der Waals surface area contributed by atoms with Gasteiger partial charge in [-0.2, -0.15) is 11.8 Å². The Hall–Kier alpha value is -0.290. The molecule has 1 aromatic rings. The fourth-order valence-corrected chi connectivity index (χ4v) is 3.13. The van der Waals surface area contributed by atoms with E-state index in [2.05, 4.69) is 37.7 Å². The number of rotatable bonds is 1. The number of aromatic nitrogens is 2. The molecule has 0 spiro atoms. The van der Waals surface area contributed by atoms with Crippen molar-refractivity contribution in [1.29, 1.82) is 0 Å². The summed E-state index contributed by atoms with van der Waals surface area (Å²) in [7, 11) is 0. The fraction of sp³-hybridized carbons (Fsp3) is 0.600. The molecule has 15 heavy (non-hydrogen) atoms. The van der Waals surface area contributed by atoms with Crippen molar-refractivity contribution in [2.75, 3.05) is 23.7 Å². The molecular formula is C10H14BrN3S. The number of halogens is 1. The highest BCUT2D eigenvalue weighted by Gasteiger charge is 2.19. The first-order valence-electron chi connectivity index (χ1n) is 5.02. The summed E-state index contributed by atoms with van der Waals surface area (Å²) in [6.07, 6.45) is 1.84. The molecule has 0 bridgehead atoms. The molecule has 0 N–H and O–H groups in total. The molecule has 1 atom stereocenters. The zero-order chi connectivity index (χ0) is 10.8. The van der Waals surface area contributed by atoms with Crippen LogP contribution in [0.5, 0.6) is 0 Å². The minimum Gasteiger partial charge on any atom is -0.354 e. The molecular weight excluding hydrogens is 274 g/mol. The SMILES string of the molecule is Cc1ncc(Br)c(N2CCSC(C)C2)n1. The number of hydrogen-bond acceptors (Lipinski definition) is 4. The molecule has 2 heterocycles. The summed E-state index contributed by atoms with van der Waals surface area (Å²) < 4.78 is 0.993. The summed E-state index contributed by atoms with van der Waals surface area (Å²) in [6, 6.07) is 0. The van der Waals surface area contributed by atoms with Crippen molar-refractivity contribution in [3.63, 3.8) is 0 Å². The lowest BCUT2D eigenvalue weighted by molar-refractivity contribution is 0.762. The van der Waals surface area contributed by atoms with Gasteiger partial charge in [-0.05, 0) is 22.9 Å². The van der Waals surface area contributed by atoms with Gasteiger partial charge in [0.2, 0.25) is 0 Å². The van der Waals surface area contributed by atoms with Crippen LogP contribution in [-0.2, 0) is 0 Å². The van der Waals surface area contributed by atoms with Crippen LogP contribution >= 0.6 is 27.7 Å². The third-order valence-corrected chi connectivity index (χ3v) is 4.08. The Balaban J connectivity index is 2.24. The molecule has 3 nitrogen and oxygen atoms in total. The van der Waals surface area contributed by atoms with Crippen LogP contribution in [0, 0.1) is 6.92 Å². The highest BCUT2D eigenvalue weighted by molar-refractivity contribution is 9.10. The summed E-state index contributed by atoms with van der Waals surface area (Å²) in [4.78, 5) is 11.0. The highest BCUT2D eigenvalue weighted by Crippen LogP contribution is 2.27. The van der Waals surface area contributed by atoms with Gasteiger partial charge < -0.3 is 4.90 Å². The van der Waals surface area contributed by atoms with Crippen LogP contribution in [0.1, 0.15) is 12.7 Å². The molecule has 82 valence electrons. The number of hydrogen-bond donors (Lipinski definition) is 0. The van der Waals surface area contributed by atoms with Gasteiger partial charge >= 0.3 is 0 Å². The van der Waals surface area contributed by atoms with E-state index in [0.717, 1.165) is 29.2 Å². The molecule has 5 heteroatoms. The highest BCUT2D eigenvalue weighted by atomic mass is 79.9. The van der Waals surface area contributed by atoms with Crippen molar-refractivity contribution < 1.29 is 0 Å². The molecule has 1 saturated heterocycles. The second-order valence-corrected chi connectivity index (χ2v) is 6.12. The molecule has 1 aliphatic rings. The zero-order valence-corrected chi connectivity index (χ0v) is 11.3. The van der Waals surface area contributed by atoms with Crippen LogP contribution in [0.25, 0.3) is 0 Å². The smallest absolute Gasteiger partial charge is 0.146 e. The number of nitrogens with zero attached hydrogens (tertiary/aromatic N) is 3. The Morgan fingerprint density at radius 2 is 2.40 bits per heavy atom. The Kier molecular flexibility index (Phi) is 3.51. The summed E-state index contributed by atoms with van der Waals surface area (Å²) in [5, 5.41) is 0.681. The van der Waals surface area contributed by atoms with Crippen molar-refractivity contribution in [3.8, 4) is 0 Å². The predicted molar refractivity (Wildman–Crippen MR) is 68.6 cm³/mol. The largest absolute Gasteiger partial charge is 0.354 e. The van der Waals surface area contributed by atoms with Crippen LogP contribution in [0.2, 0.25) is 0 Å². The van der Waals surface area contributed by atoms with Gasteiger partial charge in [0.05, 0.1) is 4.47 Å². The van der Waals surface area contributed by atoms with E-state index in [1.54, 1.807) is 0 Å². The second kappa shape index (κ2) is 4.70. The molecule has 0 aliphatic carbocycles. The minimum atomic E-state index is 0.681. The quantitative estimate of drug-likeness (QED) is 0.794. The average molecular weight is 288 g/mol. The molecule has 0 radical (unpaired) electrons. The van der Waals surface area contributed by atoms with E-state index in [-0.39, 0.29) is 0 Å². The fourth-order valence-electron chi connectivity index (χ4n) is 1.68. The van der Waals surface area contributed by atoms with Gasteiger partial charge in [-0.15, -0.1) is 0 Å². The number of anilines is 1. The Morgan fingerprint density at radius 3 is 3.13 bits per heavy atom. The van der Waals surface area contributed by atoms with E-state index < -0.39 is 0 Å². The molecule has 1 aromatic heterocycles. The maximum atomic E-state index is 4.49. The number of aryl methyl sites for hydroxylation is 1. The first-order valence-corrected chi connectivity index (χ1v) is 6.86. The van der Waals surface area contributed by atoms with E-state index in [4.69, 9.17) is 0 Å². The van der Waals surface area contributed by atoms with Crippen molar-refractivity contribution in [2.24, 2.45) is 0 Å². The van der Waals surface area contributed by atoms with Crippen molar-refractivity contribution in [1.82, 2.24) is 9.97 Å². The first-order chi connectivity index (χ1) is 7.16. The van der Waals surface area contributed by atoms with E-state index in [0.29, 0.717) is 5.25 Å². The van der Waals surface area contributed by atoms with E-state index in [1.165, 1.54) is 5.75 Å². The first kappa shape index (κ1) is 11.2. The van der Waals surface area contributed by atoms with Crippen LogP contribution in [0.4, 0.5) is 5.82 Å². The van der Waals surface area contributed by atoms with Gasteiger partial charge in [-0.1, -0.05) is 6.92 Å². The van der Waals surface area contributed by atoms with Gasteiger partial charge in [0.15, 0.2) is 0 Å². The summed E-state index contributed by atoms with van der Waals surface area (Å²) >= 11 is 5.54. The normalized spacial score (nSPS) is 21.8. The Labute approximate surface area is 103 Å². The minimum absolute atomic E-state index is 0.681. The second-order valence-electron chi connectivity index (χ2n) is 3.72.